The van der Waals surface area contributed by atoms with Gasteiger partial charge >= 0.3 is 0 Å². The molecule has 0 N–H and O–H groups in total. The molecule has 1 heterocycles. The van der Waals surface area contributed by atoms with E-state index in [4.69, 9.17) is 0 Å². The number of aromatic nitrogens is 1. The van der Waals surface area contributed by atoms with Crippen molar-refractivity contribution in [3.8, 4) is 0 Å². The third-order valence-electron chi connectivity index (χ3n) is 4.69. The highest BCUT2D eigenvalue weighted by Crippen LogP contribution is 2.22. The van der Waals surface area contributed by atoms with Crippen LogP contribution in [0.25, 0.3) is 0 Å². The SMILES string of the molecule is Cc1nc(CC(=O)CCCc2ccccc2)sc1C(=O)CCc1ccccc1. The molecule has 0 amide bonds. The third kappa shape index (κ3) is 5.96. The largest absolute Gasteiger partial charge is 0.299 e. The summed E-state index contributed by atoms with van der Waals surface area (Å²) in [5.74, 6) is 0.301. The highest BCUT2D eigenvalue weighted by atomic mass is 32.1. The van der Waals surface area contributed by atoms with E-state index in [0.29, 0.717) is 24.1 Å². The number of thiazole rings is 1. The Bertz CT molecular complexity index is 916. The highest BCUT2D eigenvalue weighted by Gasteiger charge is 2.17. The van der Waals surface area contributed by atoms with Gasteiger partial charge in [0.1, 0.15) is 10.8 Å². The number of hydrogen-bond donors (Lipinski definition) is 0. The first kappa shape index (κ1) is 20.2. The van der Waals surface area contributed by atoms with Crippen LogP contribution >= 0.6 is 11.3 Å². The van der Waals surface area contributed by atoms with Crippen LogP contribution in [0.3, 0.4) is 0 Å². The lowest BCUT2D eigenvalue weighted by Gasteiger charge is -2.01. The van der Waals surface area contributed by atoms with Crippen molar-refractivity contribution in [2.24, 2.45) is 0 Å². The summed E-state index contributed by atoms with van der Waals surface area (Å²) < 4.78 is 0. The molecular formula is C24H25NO2S. The summed E-state index contributed by atoms with van der Waals surface area (Å²) in [5, 5.41) is 0.755. The molecule has 3 nitrogen and oxygen atoms in total. The minimum absolute atomic E-state index is 0.113. The minimum atomic E-state index is 0.113. The minimum Gasteiger partial charge on any atom is -0.299 e. The summed E-state index contributed by atoms with van der Waals surface area (Å²) in [6, 6.07) is 20.2. The Kier molecular flexibility index (Phi) is 7.26. The monoisotopic (exact) mass is 391 g/mol. The summed E-state index contributed by atoms with van der Waals surface area (Å²) in [6.07, 6.45) is 3.82. The van der Waals surface area contributed by atoms with Gasteiger partial charge < -0.3 is 0 Å². The van der Waals surface area contributed by atoms with Gasteiger partial charge in [-0.1, -0.05) is 60.7 Å². The van der Waals surface area contributed by atoms with Gasteiger partial charge in [-0.3, -0.25) is 9.59 Å². The Balaban J connectivity index is 1.48. The molecule has 4 heteroatoms. The molecule has 0 aliphatic carbocycles. The molecule has 0 saturated heterocycles. The Morgan fingerprint density at radius 1 is 0.857 bits per heavy atom. The Morgan fingerprint density at radius 2 is 1.46 bits per heavy atom. The predicted octanol–water partition coefficient (Wildman–Crippen LogP) is 5.40. The van der Waals surface area contributed by atoms with E-state index < -0.39 is 0 Å². The van der Waals surface area contributed by atoms with Crippen molar-refractivity contribution in [2.75, 3.05) is 0 Å². The molecule has 0 spiro atoms. The number of carbonyl (C=O) groups excluding carboxylic acids is 2. The number of rotatable bonds is 10. The first-order chi connectivity index (χ1) is 13.6. The molecule has 0 aliphatic rings. The van der Waals surface area contributed by atoms with E-state index in [0.717, 1.165) is 35.5 Å². The Morgan fingerprint density at radius 3 is 2.11 bits per heavy atom. The molecule has 0 atom stereocenters. The number of benzene rings is 2. The van der Waals surface area contributed by atoms with E-state index in [2.05, 4.69) is 17.1 Å². The van der Waals surface area contributed by atoms with Crippen LogP contribution < -0.4 is 0 Å². The molecule has 1 aromatic heterocycles. The van der Waals surface area contributed by atoms with Crippen molar-refractivity contribution in [3.05, 3.63) is 87.4 Å². The van der Waals surface area contributed by atoms with Gasteiger partial charge in [-0.2, -0.15) is 0 Å². The van der Waals surface area contributed by atoms with Crippen molar-refractivity contribution in [1.82, 2.24) is 4.98 Å². The highest BCUT2D eigenvalue weighted by molar-refractivity contribution is 7.14. The molecule has 0 aliphatic heterocycles. The van der Waals surface area contributed by atoms with Gasteiger partial charge in [0.15, 0.2) is 5.78 Å². The van der Waals surface area contributed by atoms with Crippen molar-refractivity contribution >= 4 is 22.9 Å². The van der Waals surface area contributed by atoms with Gasteiger partial charge in [-0.15, -0.1) is 11.3 Å². The zero-order chi connectivity index (χ0) is 19.8. The zero-order valence-corrected chi connectivity index (χ0v) is 17.0. The summed E-state index contributed by atoms with van der Waals surface area (Å²) >= 11 is 1.38. The Labute approximate surface area is 170 Å². The van der Waals surface area contributed by atoms with Gasteiger partial charge in [0.25, 0.3) is 0 Å². The second-order valence-electron chi connectivity index (χ2n) is 6.99. The quantitative estimate of drug-likeness (QED) is 0.435. The van der Waals surface area contributed by atoms with E-state index in [1.165, 1.54) is 16.9 Å². The fraction of sp³-hybridized carbons (Fsp3) is 0.292. The average Bonchev–Trinajstić information content (AvgIpc) is 3.07. The number of hydrogen-bond acceptors (Lipinski definition) is 4. The normalized spacial score (nSPS) is 10.8. The van der Waals surface area contributed by atoms with E-state index in [1.807, 2.05) is 55.5 Å². The molecule has 3 rings (SSSR count). The second kappa shape index (κ2) is 10.1. The lowest BCUT2D eigenvalue weighted by atomic mass is 10.1. The molecule has 0 bridgehead atoms. The van der Waals surface area contributed by atoms with Crippen LogP contribution in [-0.4, -0.2) is 16.6 Å². The molecule has 3 aromatic rings. The van der Waals surface area contributed by atoms with Gasteiger partial charge in [-0.25, -0.2) is 4.98 Å². The first-order valence-electron chi connectivity index (χ1n) is 9.71. The lowest BCUT2D eigenvalue weighted by Crippen LogP contribution is -2.03. The van der Waals surface area contributed by atoms with Crippen LogP contribution in [0.5, 0.6) is 0 Å². The zero-order valence-electron chi connectivity index (χ0n) is 16.2. The average molecular weight is 392 g/mol. The Hall–Kier alpha value is -2.59. The topological polar surface area (TPSA) is 47.0 Å². The summed E-state index contributed by atoms with van der Waals surface area (Å²) in [6.45, 7) is 1.86. The smallest absolute Gasteiger partial charge is 0.175 e. The van der Waals surface area contributed by atoms with Gasteiger partial charge in [-0.05, 0) is 37.3 Å². The van der Waals surface area contributed by atoms with Crippen molar-refractivity contribution < 1.29 is 9.59 Å². The second-order valence-corrected chi connectivity index (χ2v) is 8.07. The van der Waals surface area contributed by atoms with Crippen molar-refractivity contribution in [1.29, 1.82) is 0 Å². The number of nitrogens with zero attached hydrogens (tertiary/aromatic N) is 1. The van der Waals surface area contributed by atoms with Crippen LogP contribution in [0.4, 0.5) is 0 Å². The van der Waals surface area contributed by atoms with Gasteiger partial charge in [0, 0.05) is 12.8 Å². The first-order valence-corrected chi connectivity index (χ1v) is 10.5. The van der Waals surface area contributed by atoms with E-state index in [9.17, 15) is 9.59 Å². The molecule has 0 fully saturated rings. The van der Waals surface area contributed by atoms with Crippen LogP contribution in [0, 0.1) is 6.92 Å². The molecule has 144 valence electrons. The third-order valence-corrected chi connectivity index (χ3v) is 5.89. The van der Waals surface area contributed by atoms with E-state index >= 15 is 0 Å². The van der Waals surface area contributed by atoms with E-state index in [1.54, 1.807) is 0 Å². The summed E-state index contributed by atoms with van der Waals surface area (Å²) in [4.78, 5) is 30.0. The number of ketones is 2. The molecule has 0 saturated carbocycles. The molecule has 28 heavy (non-hydrogen) atoms. The lowest BCUT2D eigenvalue weighted by molar-refractivity contribution is -0.118. The van der Waals surface area contributed by atoms with Crippen LogP contribution in [0.2, 0.25) is 0 Å². The summed E-state index contributed by atoms with van der Waals surface area (Å²) in [5.41, 5.74) is 3.16. The molecule has 0 unspecified atom stereocenters. The van der Waals surface area contributed by atoms with Gasteiger partial charge in [0.2, 0.25) is 0 Å². The van der Waals surface area contributed by atoms with Gasteiger partial charge in [0.05, 0.1) is 17.0 Å². The molecule has 0 radical (unpaired) electrons. The fourth-order valence-corrected chi connectivity index (χ4v) is 4.25. The number of carbonyl (C=O) groups is 2. The number of aryl methyl sites for hydroxylation is 3. The van der Waals surface area contributed by atoms with E-state index in [-0.39, 0.29) is 11.6 Å². The van der Waals surface area contributed by atoms with Crippen molar-refractivity contribution in [2.45, 2.75) is 45.4 Å². The van der Waals surface area contributed by atoms with Crippen LogP contribution in [0.1, 0.15) is 50.8 Å². The predicted molar refractivity (Wildman–Crippen MR) is 114 cm³/mol. The van der Waals surface area contributed by atoms with Crippen molar-refractivity contribution in [3.63, 3.8) is 0 Å². The fourth-order valence-electron chi connectivity index (χ4n) is 3.19. The number of Topliss-reactive ketones (excluding diaryl/α,β-unsaturated/α-hetero) is 2. The molecular weight excluding hydrogens is 366 g/mol. The summed E-state index contributed by atoms with van der Waals surface area (Å²) in [7, 11) is 0. The maximum Gasteiger partial charge on any atom is 0.175 e. The maximum absolute atomic E-state index is 12.6. The maximum atomic E-state index is 12.6. The van der Waals surface area contributed by atoms with Crippen LogP contribution in [-0.2, 0) is 24.1 Å². The standard InChI is InChI=1S/C24H25NO2S/c1-18-24(22(27)16-15-20-11-6-3-7-12-20)28-23(25-18)17-21(26)14-8-13-19-9-4-2-5-10-19/h2-7,9-12H,8,13-17H2,1H3. The molecule has 2 aromatic carbocycles. The van der Waals surface area contributed by atoms with Crippen LogP contribution in [0.15, 0.2) is 60.7 Å².